The summed E-state index contributed by atoms with van der Waals surface area (Å²) >= 11 is 0. The molecular formula is C31H31NO6. The normalized spacial score (nSPS) is 16.7. The van der Waals surface area contributed by atoms with Crippen molar-refractivity contribution in [2.45, 2.75) is 39.2 Å². The van der Waals surface area contributed by atoms with Crippen LogP contribution in [0.2, 0.25) is 0 Å². The Balaban J connectivity index is 1.94. The molecule has 0 bridgehead atoms. The Labute approximate surface area is 222 Å². The van der Waals surface area contributed by atoms with Crippen molar-refractivity contribution in [3.8, 4) is 5.75 Å². The largest absolute Gasteiger partial charge is 0.507 e. The maximum absolute atomic E-state index is 13.5. The number of anilines is 1. The monoisotopic (exact) mass is 513 g/mol. The molecule has 1 N–H and O–H groups in total. The smallest absolute Gasteiger partial charge is 0.337 e. The Hall–Kier alpha value is -4.39. The molecule has 0 aromatic heterocycles. The van der Waals surface area contributed by atoms with Gasteiger partial charge >= 0.3 is 5.97 Å². The fraction of sp³-hybridized carbons (Fsp3) is 0.258. The number of carbonyl (C=O) groups excluding carboxylic acids is 3. The standard InChI is InChI=1S/C31H31NO6/c1-6-19-10-12-20(13-11-19)27-26(28(33)21-14-15-25(37-4)24(17-21)18(2)3)29(34)30(35)32(27)23-9-7-8-22(16-23)31(36)38-5/h7-18,27,33H,6H2,1-5H3/b28-26-. The van der Waals surface area contributed by atoms with Gasteiger partial charge in [0.25, 0.3) is 11.7 Å². The van der Waals surface area contributed by atoms with Crippen molar-refractivity contribution in [2.75, 3.05) is 19.1 Å². The molecule has 3 aromatic carbocycles. The van der Waals surface area contributed by atoms with Crippen LogP contribution in [-0.4, -0.2) is 37.0 Å². The maximum Gasteiger partial charge on any atom is 0.337 e. The lowest BCUT2D eigenvalue weighted by Gasteiger charge is -2.26. The molecule has 1 saturated heterocycles. The van der Waals surface area contributed by atoms with Crippen molar-refractivity contribution in [1.82, 2.24) is 0 Å². The predicted molar refractivity (Wildman–Crippen MR) is 145 cm³/mol. The summed E-state index contributed by atoms with van der Waals surface area (Å²) in [5.74, 6) is -1.68. The summed E-state index contributed by atoms with van der Waals surface area (Å²) in [6.07, 6.45) is 0.825. The Kier molecular flexibility index (Phi) is 7.67. The van der Waals surface area contributed by atoms with E-state index in [2.05, 4.69) is 0 Å². The second kappa shape index (κ2) is 10.9. The molecule has 4 rings (SSSR count). The third-order valence-electron chi connectivity index (χ3n) is 6.82. The summed E-state index contributed by atoms with van der Waals surface area (Å²) in [6, 6.07) is 18.2. The molecule has 0 aliphatic carbocycles. The molecule has 7 heteroatoms. The molecule has 1 aliphatic heterocycles. The molecule has 0 spiro atoms. The molecule has 1 amide bonds. The third kappa shape index (κ3) is 4.79. The number of hydrogen-bond donors (Lipinski definition) is 1. The minimum atomic E-state index is -0.904. The number of ether oxygens (including phenoxy) is 2. The first-order valence-corrected chi connectivity index (χ1v) is 12.5. The van der Waals surface area contributed by atoms with Crippen molar-refractivity contribution in [3.05, 3.63) is 100 Å². The first kappa shape index (κ1) is 26.7. The van der Waals surface area contributed by atoms with E-state index in [9.17, 15) is 19.5 Å². The first-order chi connectivity index (χ1) is 18.2. The van der Waals surface area contributed by atoms with E-state index in [-0.39, 0.29) is 22.8 Å². The number of nitrogens with zero attached hydrogens (tertiary/aromatic N) is 1. The van der Waals surface area contributed by atoms with Gasteiger partial charge in [-0.15, -0.1) is 0 Å². The van der Waals surface area contributed by atoms with E-state index in [0.717, 1.165) is 17.5 Å². The summed E-state index contributed by atoms with van der Waals surface area (Å²) in [6.45, 7) is 6.05. The van der Waals surface area contributed by atoms with Crippen LogP contribution in [0.15, 0.2) is 72.3 Å². The van der Waals surface area contributed by atoms with Gasteiger partial charge in [0.05, 0.1) is 31.4 Å². The molecule has 1 atom stereocenters. The Morgan fingerprint density at radius 3 is 2.29 bits per heavy atom. The van der Waals surface area contributed by atoms with Crippen LogP contribution < -0.4 is 9.64 Å². The lowest BCUT2D eigenvalue weighted by atomic mass is 9.92. The van der Waals surface area contributed by atoms with Gasteiger partial charge in [-0.1, -0.05) is 51.1 Å². The average Bonchev–Trinajstić information content (AvgIpc) is 3.21. The topological polar surface area (TPSA) is 93.1 Å². The number of amides is 1. The minimum absolute atomic E-state index is 0.0254. The number of carbonyl (C=O) groups is 3. The maximum atomic E-state index is 13.5. The number of esters is 1. The Morgan fingerprint density at radius 1 is 0.974 bits per heavy atom. The number of aliphatic hydroxyl groups is 1. The quantitative estimate of drug-likeness (QED) is 0.186. The molecular weight excluding hydrogens is 482 g/mol. The highest BCUT2D eigenvalue weighted by atomic mass is 16.5. The molecule has 0 saturated carbocycles. The highest BCUT2D eigenvalue weighted by molar-refractivity contribution is 6.51. The van der Waals surface area contributed by atoms with Gasteiger partial charge in [-0.05, 0) is 65.4 Å². The van der Waals surface area contributed by atoms with Crippen LogP contribution in [-0.2, 0) is 20.7 Å². The van der Waals surface area contributed by atoms with E-state index < -0.39 is 23.7 Å². The SMILES string of the molecule is CCc1ccc(C2/C(=C(/O)c3ccc(OC)c(C(C)C)c3)C(=O)C(=O)N2c2cccc(C(=O)OC)c2)cc1. The number of Topliss-reactive ketones (excluding diaryl/α,β-unsaturated/α-hetero) is 1. The van der Waals surface area contributed by atoms with Crippen LogP contribution in [0, 0.1) is 0 Å². The zero-order valence-electron chi connectivity index (χ0n) is 22.1. The van der Waals surface area contributed by atoms with Gasteiger partial charge in [-0.3, -0.25) is 14.5 Å². The summed E-state index contributed by atoms with van der Waals surface area (Å²) in [5.41, 5.74) is 3.58. The number of methoxy groups -OCH3 is 2. The van der Waals surface area contributed by atoms with Crippen molar-refractivity contribution in [3.63, 3.8) is 0 Å². The van der Waals surface area contributed by atoms with Gasteiger partial charge < -0.3 is 14.6 Å². The van der Waals surface area contributed by atoms with E-state index in [1.54, 1.807) is 43.5 Å². The van der Waals surface area contributed by atoms with Crippen LogP contribution in [0.1, 0.15) is 65.3 Å². The molecule has 196 valence electrons. The van der Waals surface area contributed by atoms with Gasteiger partial charge in [0.1, 0.15) is 11.5 Å². The van der Waals surface area contributed by atoms with Crippen LogP contribution in [0.4, 0.5) is 5.69 Å². The van der Waals surface area contributed by atoms with Gasteiger partial charge in [0.2, 0.25) is 0 Å². The molecule has 1 unspecified atom stereocenters. The number of ketones is 1. The number of aryl methyl sites for hydroxylation is 1. The van der Waals surface area contributed by atoms with Crippen molar-refractivity contribution in [1.29, 1.82) is 0 Å². The van der Waals surface area contributed by atoms with E-state index >= 15 is 0 Å². The van der Waals surface area contributed by atoms with Crippen LogP contribution in [0.25, 0.3) is 5.76 Å². The summed E-state index contributed by atoms with van der Waals surface area (Å²) < 4.78 is 10.3. The molecule has 1 heterocycles. The zero-order chi connectivity index (χ0) is 27.6. The lowest BCUT2D eigenvalue weighted by Crippen LogP contribution is -2.29. The molecule has 38 heavy (non-hydrogen) atoms. The number of aliphatic hydroxyl groups excluding tert-OH is 1. The molecule has 1 aliphatic rings. The van der Waals surface area contributed by atoms with Gasteiger partial charge in [-0.2, -0.15) is 0 Å². The molecule has 7 nitrogen and oxygen atoms in total. The van der Waals surface area contributed by atoms with Crippen molar-refractivity contribution in [2.24, 2.45) is 0 Å². The fourth-order valence-electron chi connectivity index (χ4n) is 4.74. The van der Waals surface area contributed by atoms with Crippen LogP contribution in [0.3, 0.4) is 0 Å². The van der Waals surface area contributed by atoms with Gasteiger partial charge in [-0.25, -0.2) is 4.79 Å². The Bertz CT molecular complexity index is 1420. The van der Waals surface area contributed by atoms with E-state index in [1.165, 1.54) is 18.1 Å². The minimum Gasteiger partial charge on any atom is -0.507 e. The summed E-state index contributed by atoms with van der Waals surface area (Å²) in [4.78, 5) is 40.5. The second-order valence-corrected chi connectivity index (χ2v) is 9.42. The fourth-order valence-corrected chi connectivity index (χ4v) is 4.74. The summed E-state index contributed by atoms with van der Waals surface area (Å²) in [7, 11) is 2.85. The highest BCUT2D eigenvalue weighted by Gasteiger charge is 2.47. The van der Waals surface area contributed by atoms with E-state index in [4.69, 9.17) is 9.47 Å². The van der Waals surface area contributed by atoms with Crippen molar-refractivity contribution >= 4 is 29.1 Å². The number of benzene rings is 3. The predicted octanol–water partition coefficient (Wildman–Crippen LogP) is 5.79. The first-order valence-electron chi connectivity index (χ1n) is 12.5. The van der Waals surface area contributed by atoms with E-state index in [0.29, 0.717) is 22.6 Å². The summed E-state index contributed by atoms with van der Waals surface area (Å²) in [5, 5.41) is 11.5. The van der Waals surface area contributed by atoms with Crippen LogP contribution >= 0.6 is 0 Å². The Morgan fingerprint density at radius 2 is 1.68 bits per heavy atom. The lowest BCUT2D eigenvalue weighted by molar-refractivity contribution is -0.132. The average molecular weight is 514 g/mol. The number of hydrogen-bond acceptors (Lipinski definition) is 6. The zero-order valence-corrected chi connectivity index (χ0v) is 22.1. The molecule has 3 aromatic rings. The number of rotatable bonds is 7. The molecule has 0 radical (unpaired) electrons. The van der Waals surface area contributed by atoms with Gasteiger partial charge in [0.15, 0.2) is 0 Å². The third-order valence-corrected chi connectivity index (χ3v) is 6.82. The molecule has 1 fully saturated rings. The van der Waals surface area contributed by atoms with Crippen molar-refractivity contribution < 1.29 is 29.0 Å². The van der Waals surface area contributed by atoms with Gasteiger partial charge in [0, 0.05) is 11.3 Å². The van der Waals surface area contributed by atoms with Crippen LogP contribution in [0.5, 0.6) is 5.75 Å². The second-order valence-electron chi connectivity index (χ2n) is 9.42. The van der Waals surface area contributed by atoms with E-state index in [1.807, 2.05) is 45.0 Å². The highest BCUT2D eigenvalue weighted by Crippen LogP contribution is 2.43.